The van der Waals surface area contributed by atoms with E-state index in [1.54, 1.807) is 23.8 Å². The number of primary sulfonamides is 1. The smallest absolute Gasteiger partial charge is 0.247 e. The lowest BCUT2D eigenvalue weighted by Gasteiger charge is -1.86. The number of hydrogen-bond donors (Lipinski definition) is 1. The number of nitrogens with two attached hydrogens (primary N) is 1. The Labute approximate surface area is 92.5 Å². The molecule has 0 aliphatic rings. The van der Waals surface area contributed by atoms with Gasteiger partial charge in [0.15, 0.2) is 0 Å². The van der Waals surface area contributed by atoms with Crippen molar-refractivity contribution in [3.63, 3.8) is 0 Å². The quantitative estimate of drug-likeness (QED) is 0.823. The highest BCUT2D eigenvalue weighted by Gasteiger charge is 2.06. The van der Waals surface area contributed by atoms with Crippen LogP contribution in [0.25, 0.3) is 0 Å². The number of sulfonamides is 1. The van der Waals surface area contributed by atoms with E-state index in [-0.39, 0.29) is 4.21 Å². The summed E-state index contributed by atoms with van der Waals surface area (Å²) in [4.78, 5) is 3.78. The van der Waals surface area contributed by atoms with E-state index < -0.39 is 10.0 Å². The minimum atomic E-state index is -3.44. The maximum atomic E-state index is 10.5. The zero-order valence-electron chi connectivity index (χ0n) is 7.78. The van der Waals surface area contributed by atoms with Crippen molar-refractivity contribution in [2.75, 3.05) is 0 Å². The second kappa shape index (κ2) is 5.59. The summed E-state index contributed by atoms with van der Waals surface area (Å²) in [5.41, 5.74) is 0. The van der Waals surface area contributed by atoms with Crippen LogP contribution < -0.4 is 5.14 Å². The van der Waals surface area contributed by atoms with Crippen molar-refractivity contribution in [2.45, 2.75) is 4.21 Å². The molecule has 2 heterocycles. The number of pyridine rings is 1. The van der Waals surface area contributed by atoms with Gasteiger partial charge in [-0.05, 0) is 23.6 Å². The summed E-state index contributed by atoms with van der Waals surface area (Å²) in [7, 11) is -3.44. The van der Waals surface area contributed by atoms with E-state index in [1.807, 2.05) is 18.2 Å². The molecule has 0 amide bonds. The molecular weight excluding hydrogens is 232 g/mol. The van der Waals surface area contributed by atoms with Crippen LogP contribution in [0.3, 0.4) is 0 Å². The van der Waals surface area contributed by atoms with Crippen LogP contribution in [-0.4, -0.2) is 13.4 Å². The van der Waals surface area contributed by atoms with E-state index in [4.69, 9.17) is 5.14 Å². The molecule has 0 saturated carbocycles. The molecule has 0 aliphatic heterocycles. The SMILES string of the molecule is NS(=O)(=O)c1cccs1.c1ccncc1. The first-order chi connectivity index (χ1) is 7.11. The molecule has 0 unspecified atom stereocenters. The normalized spacial score (nSPS) is 10.2. The molecule has 2 aromatic heterocycles. The Morgan fingerprint density at radius 1 is 1.13 bits per heavy atom. The second-order valence-electron chi connectivity index (χ2n) is 2.50. The first-order valence-corrected chi connectivity index (χ1v) is 6.44. The molecule has 2 rings (SSSR count). The summed E-state index contributed by atoms with van der Waals surface area (Å²) < 4.78 is 21.2. The molecule has 4 nitrogen and oxygen atoms in total. The minimum Gasteiger partial charge on any atom is -0.265 e. The lowest BCUT2D eigenvalue weighted by Crippen LogP contribution is -2.09. The molecule has 80 valence electrons. The highest BCUT2D eigenvalue weighted by Crippen LogP contribution is 2.12. The fourth-order valence-electron chi connectivity index (χ4n) is 0.738. The zero-order valence-corrected chi connectivity index (χ0v) is 9.41. The van der Waals surface area contributed by atoms with Crippen molar-refractivity contribution in [3.05, 3.63) is 48.1 Å². The Morgan fingerprint density at radius 3 is 2.00 bits per heavy atom. The molecule has 6 heteroatoms. The van der Waals surface area contributed by atoms with E-state index in [1.165, 1.54) is 6.07 Å². The highest BCUT2D eigenvalue weighted by atomic mass is 32.2. The van der Waals surface area contributed by atoms with Gasteiger partial charge in [0.25, 0.3) is 0 Å². The molecule has 0 saturated heterocycles. The van der Waals surface area contributed by atoms with Crippen molar-refractivity contribution in [3.8, 4) is 0 Å². The van der Waals surface area contributed by atoms with Crippen molar-refractivity contribution in [1.82, 2.24) is 4.98 Å². The maximum absolute atomic E-state index is 10.5. The van der Waals surface area contributed by atoms with Crippen molar-refractivity contribution >= 4 is 21.4 Å². The van der Waals surface area contributed by atoms with Gasteiger partial charge in [-0.25, -0.2) is 13.6 Å². The Kier molecular flexibility index (Phi) is 4.41. The lowest BCUT2D eigenvalue weighted by molar-refractivity contribution is 0.600. The fraction of sp³-hybridized carbons (Fsp3) is 0. The van der Waals surface area contributed by atoms with E-state index in [9.17, 15) is 8.42 Å². The average Bonchev–Trinajstić information content (AvgIpc) is 2.73. The Bertz CT molecular complexity index is 439. The molecule has 0 atom stereocenters. The topological polar surface area (TPSA) is 73.1 Å². The van der Waals surface area contributed by atoms with Crippen molar-refractivity contribution < 1.29 is 8.42 Å². The van der Waals surface area contributed by atoms with Gasteiger partial charge >= 0.3 is 0 Å². The number of nitrogens with zero attached hydrogens (tertiary/aromatic N) is 1. The third-order valence-electron chi connectivity index (χ3n) is 1.34. The summed E-state index contributed by atoms with van der Waals surface area (Å²) in [5, 5.41) is 6.45. The van der Waals surface area contributed by atoms with E-state index in [0.29, 0.717) is 0 Å². The summed E-state index contributed by atoms with van der Waals surface area (Å²) in [6, 6.07) is 8.83. The molecule has 15 heavy (non-hydrogen) atoms. The standard InChI is InChI=1S/C5H5N.C4H5NO2S2/c1-2-4-6-5-3-1;5-9(6,7)4-2-1-3-8-4/h1-5H;1-3H,(H2,5,6,7). The van der Waals surface area contributed by atoms with Crippen LogP contribution in [0.2, 0.25) is 0 Å². The number of rotatable bonds is 1. The Morgan fingerprint density at radius 2 is 1.80 bits per heavy atom. The first-order valence-electron chi connectivity index (χ1n) is 4.02. The van der Waals surface area contributed by atoms with Gasteiger partial charge in [-0.1, -0.05) is 12.1 Å². The van der Waals surface area contributed by atoms with Crippen LogP contribution in [0.5, 0.6) is 0 Å². The van der Waals surface area contributed by atoms with Gasteiger partial charge in [-0.2, -0.15) is 0 Å². The van der Waals surface area contributed by atoms with Gasteiger partial charge in [0.2, 0.25) is 10.0 Å². The fourth-order valence-corrected chi connectivity index (χ4v) is 2.16. The molecule has 2 N–H and O–H groups in total. The summed E-state index contributed by atoms with van der Waals surface area (Å²) in [6.45, 7) is 0. The lowest BCUT2D eigenvalue weighted by atomic mass is 10.5. The van der Waals surface area contributed by atoms with E-state index in [0.717, 1.165) is 11.3 Å². The van der Waals surface area contributed by atoms with Gasteiger partial charge in [-0.3, -0.25) is 4.98 Å². The molecule has 0 radical (unpaired) electrons. The monoisotopic (exact) mass is 242 g/mol. The summed E-state index contributed by atoms with van der Waals surface area (Å²) in [5.74, 6) is 0. The maximum Gasteiger partial charge on any atom is 0.247 e. The molecule has 0 aromatic carbocycles. The van der Waals surface area contributed by atoms with Gasteiger partial charge in [-0.15, -0.1) is 11.3 Å². The van der Waals surface area contributed by atoms with Gasteiger partial charge in [0.05, 0.1) is 0 Å². The first kappa shape index (κ1) is 11.8. The highest BCUT2D eigenvalue weighted by molar-refractivity contribution is 7.91. The van der Waals surface area contributed by atoms with Gasteiger partial charge in [0, 0.05) is 12.4 Å². The largest absolute Gasteiger partial charge is 0.265 e. The minimum absolute atomic E-state index is 0.211. The molecule has 2 aromatic rings. The number of thiophene rings is 1. The zero-order chi connectivity index (χ0) is 11.1. The molecule has 0 aliphatic carbocycles. The number of aromatic nitrogens is 1. The van der Waals surface area contributed by atoms with E-state index >= 15 is 0 Å². The van der Waals surface area contributed by atoms with Crippen molar-refractivity contribution in [2.24, 2.45) is 5.14 Å². The predicted molar refractivity (Wildman–Crippen MR) is 59.9 cm³/mol. The van der Waals surface area contributed by atoms with E-state index in [2.05, 4.69) is 4.98 Å². The predicted octanol–water partition coefficient (Wildman–Crippen LogP) is 1.48. The molecule has 0 bridgehead atoms. The molecule has 0 fully saturated rings. The summed E-state index contributed by atoms with van der Waals surface area (Å²) in [6.07, 6.45) is 3.50. The van der Waals surface area contributed by atoms with Gasteiger partial charge < -0.3 is 0 Å². The van der Waals surface area contributed by atoms with Crippen LogP contribution in [0.1, 0.15) is 0 Å². The second-order valence-corrected chi connectivity index (χ2v) is 5.24. The Balaban J connectivity index is 0.000000162. The Hall–Kier alpha value is -1.24. The summed E-state index contributed by atoms with van der Waals surface area (Å²) >= 11 is 1.12. The third-order valence-corrected chi connectivity index (χ3v) is 3.69. The van der Waals surface area contributed by atoms with Crippen LogP contribution in [0, 0.1) is 0 Å². The van der Waals surface area contributed by atoms with Gasteiger partial charge in [0.1, 0.15) is 4.21 Å². The number of hydrogen-bond acceptors (Lipinski definition) is 4. The van der Waals surface area contributed by atoms with Crippen LogP contribution in [-0.2, 0) is 10.0 Å². The van der Waals surface area contributed by atoms with Crippen LogP contribution in [0.15, 0.2) is 52.3 Å². The average molecular weight is 242 g/mol. The molecule has 0 spiro atoms. The van der Waals surface area contributed by atoms with Crippen molar-refractivity contribution in [1.29, 1.82) is 0 Å². The third kappa shape index (κ3) is 4.68. The molecular formula is C9H10N2O2S2. The van der Waals surface area contributed by atoms with Crippen LogP contribution in [0.4, 0.5) is 0 Å². The van der Waals surface area contributed by atoms with Crippen LogP contribution >= 0.6 is 11.3 Å².